The molecule has 5 heteroatoms. The molecule has 4 heterocycles. The van der Waals surface area contributed by atoms with E-state index in [1.54, 1.807) is 0 Å². The van der Waals surface area contributed by atoms with Gasteiger partial charge in [0.1, 0.15) is 11.3 Å². The molecule has 0 saturated carbocycles. The van der Waals surface area contributed by atoms with Crippen LogP contribution in [0.25, 0.3) is 11.2 Å². The summed E-state index contributed by atoms with van der Waals surface area (Å²) in [6.45, 7) is 5.59. The molecule has 2 N–H and O–H groups in total. The minimum absolute atomic E-state index is 0.713. The highest BCUT2D eigenvalue weighted by Crippen LogP contribution is 2.22. The quantitative estimate of drug-likeness (QED) is 0.886. The fraction of sp³-hybridized carbons (Fsp3) is 0.625. The highest BCUT2D eigenvalue weighted by Gasteiger charge is 2.22. The Morgan fingerprint density at radius 3 is 2.71 bits per heavy atom. The lowest BCUT2D eigenvalue weighted by Gasteiger charge is -2.15. The summed E-state index contributed by atoms with van der Waals surface area (Å²) in [5.41, 5.74) is 2.11. The first-order valence-corrected chi connectivity index (χ1v) is 8.12. The predicted octanol–water partition coefficient (Wildman–Crippen LogP) is 1.19. The molecule has 0 spiro atoms. The molecular weight excluding hydrogens is 262 g/mol. The van der Waals surface area contributed by atoms with Gasteiger partial charge in [-0.1, -0.05) is 0 Å². The van der Waals surface area contributed by atoms with Crippen molar-refractivity contribution in [2.45, 2.75) is 25.8 Å². The van der Waals surface area contributed by atoms with Crippen LogP contribution in [-0.2, 0) is 13.0 Å². The molecule has 112 valence electrons. The molecule has 0 aromatic carbocycles. The summed E-state index contributed by atoms with van der Waals surface area (Å²) in [5, 5.41) is 6.92. The smallest absolute Gasteiger partial charge is 0.159 e. The van der Waals surface area contributed by atoms with Crippen molar-refractivity contribution < 1.29 is 0 Å². The van der Waals surface area contributed by atoms with E-state index in [0.717, 1.165) is 56.2 Å². The van der Waals surface area contributed by atoms with Crippen LogP contribution in [0.2, 0.25) is 0 Å². The molecule has 2 aliphatic heterocycles. The van der Waals surface area contributed by atoms with E-state index in [1.165, 1.54) is 18.7 Å². The highest BCUT2D eigenvalue weighted by atomic mass is 15.1. The second-order valence-electron chi connectivity index (χ2n) is 6.41. The number of hydrogen-bond acceptors (Lipinski definition) is 4. The van der Waals surface area contributed by atoms with Crippen LogP contribution < -0.4 is 10.6 Å². The van der Waals surface area contributed by atoms with Crippen molar-refractivity contribution in [1.29, 1.82) is 0 Å². The summed E-state index contributed by atoms with van der Waals surface area (Å²) in [4.78, 5) is 9.45. The van der Waals surface area contributed by atoms with E-state index in [4.69, 9.17) is 4.98 Å². The topological polar surface area (TPSA) is 54.8 Å². The molecule has 2 aromatic rings. The van der Waals surface area contributed by atoms with Gasteiger partial charge in [-0.2, -0.15) is 0 Å². The van der Waals surface area contributed by atoms with Gasteiger partial charge in [0, 0.05) is 19.2 Å². The van der Waals surface area contributed by atoms with E-state index in [0.29, 0.717) is 5.92 Å². The first-order valence-electron chi connectivity index (χ1n) is 8.12. The number of aromatic nitrogens is 3. The van der Waals surface area contributed by atoms with Gasteiger partial charge in [0.15, 0.2) is 5.65 Å². The first kappa shape index (κ1) is 13.2. The summed E-state index contributed by atoms with van der Waals surface area (Å²) in [5.74, 6) is 2.66. The van der Waals surface area contributed by atoms with Gasteiger partial charge in [-0.25, -0.2) is 9.97 Å². The third-order valence-electron chi connectivity index (χ3n) is 4.82. The fourth-order valence-electron chi connectivity index (χ4n) is 3.63. The summed E-state index contributed by atoms with van der Waals surface area (Å²) < 4.78 is 2.38. The van der Waals surface area contributed by atoms with Gasteiger partial charge in [-0.15, -0.1) is 0 Å². The Bertz CT molecular complexity index is 608. The lowest BCUT2D eigenvalue weighted by atomic mass is 10.0. The zero-order chi connectivity index (χ0) is 14.1. The Kier molecular flexibility index (Phi) is 3.61. The molecule has 0 amide bonds. The Hall–Kier alpha value is -1.46. The van der Waals surface area contributed by atoms with Crippen LogP contribution in [0.3, 0.4) is 0 Å². The second-order valence-corrected chi connectivity index (χ2v) is 6.41. The van der Waals surface area contributed by atoms with E-state index in [-0.39, 0.29) is 0 Å². The number of fused-ring (bicyclic) bond motifs is 1. The third kappa shape index (κ3) is 2.68. The summed E-state index contributed by atoms with van der Waals surface area (Å²) in [6, 6.07) is 4.07. The maximum atomic E-state index is 4.87. The largest absolute Gasteiger partial charge is 0.316 e. The van der Waals surface area contributed by atoms with Crippen molar-refractivity contribution in [3.05, 3.63) is 24.2 Å². The van der Waals surface area contributed by atoms with Crippen molar-refractivity contribution in [3.63, 3.8) is 0 Å². The molecule has 2 aromatic heterocycles. The van der Waals surface area contributed by atoms with Gasteiger partial charge >= 0.3 is 0 Å². The molecule has 2 fully saturated rings. The Balaban J connectivity index is 1.65. The molecule has 5 nitrogen and oxygen atoms in total. The van der Waals surface area contributed by atoms with E-state index in [1.807, 2.05) is 12.3 Å². The minimum atomic E-state index is 0.713. The van der Waals surface area contributed by atoms with Crippen molar-refractivity contribution in [1.82, 2.24) is 25.2 Å². The lowest BCUT2D eigenvalue weighted by Crippen LogP contribution is -2.18. The van der Waals surface area contributed by atoms with Gasteiger partial charge in [0.2, 0.25) is 0 Å². The average molecular weight is 285 g/mol. The first-order chi connectivity index (χ1) is 10.4. The SMILES string of the molecule is c1cnc2c(c1)nc(CC1CCNC1)n2CC1CCNC1. The molecule has 0 radical (unpaired) electrons. The molecule has 0 bridgehead atoms. The van der Waals surface area contributed by atoms with Crippen LogP contribution in [0, 0.1) is 11.8 Å². The van der Waals surface area contributed by atoms with E-state index in [2.05, 4.69) is 26.3 Å². The van der Waals surface area contributed by atoms with E-state index < -0.39 is 0 Å². The number of rotatable bonds is 4. The van der Waals surface area contributed by atoms with Crippen molar-refractivity contribution in [2.24, 2.45) is 11.8 Å². The zero-order valence-corrected chi connectivity index (χ0v) is 12.4. The normalized spacial score (nSPS) is 25.9. The summed E-state index contributed by atoms with van der Waals surface area (Å²) in [7, 11) is 0. The summed E-state index contributed by atoms with van der Waals surface area (Å²) >= 11 is 0. The minimum Gasteiger partial charge on any atom is -0.316 e. The van der Waals surface area contributed by atoms with E-state index in [9.17, 15) is 0 Å². The van der Waals surface area contributed by atoms with Crippen LogP contribution in [0.1, 0.15) is 18.7 Å². The zero-order valence-electron chi connectivity index (χ0n) is 12.4. The molecular formula is C16H23N5. The van der Waals surface area contributed by atoms with Crippen LogP contribution in [0.4, 0.5) is 0 Å². The van der Waals surface area contributed by atoms with Crippen LogP contribution in [0.5, 0.6) is 0 Å². The molecule has 4 rings (SSSR count). The summed E-state index contributed by atoms with van der Waals surface area (Å²) in [6.07, 6.45) is 5.48. The molecule has 2 saturated heterocycles. The molecule has 0 aliphatic carbocycles. The Morgan fingerprint density at radius 2 is 1.95 bits per heavy atom. The van der Waals surface area contributed by atoms with Crippen LogP contribution in [-0.4, -0.2) is 40.7 Å². The van der Waals surface area contributed by atoms with Gasteiger partial charge in [-0.05, 0) is 63.0 Å². The van der Waals surface area contributed by atoms with Gasteiger partial charge in [-0.3, -0.25) is 0 Å². The van der Waals surface area contributed by atoms with Gasteiger partial charge in [0.25, 0.3) is 0 Å². The maximum Gasteiger partial charge on any atom is 0.159 e. The standard InChI is InChI=1S/C16H23N5/c1-2-14-16(19-5-1)21(11-13-4-7-18-10-13)15(20-14)8-12-3-6-17-9-12/h1-2,5,12-13,17-18H,3-4,6-11H2. The number of hydrogen-bond donors (Lipinski definition) is 2. The number of pyridine rings is 1. The fourth-order valence-corrected chi connectivity index (χ4v) is 3.63. The van der Waals surface area contributed by atoms with Crippen molar-refractivity contribution >= 4 is 11.2 Å². The van der Waals surface area contributed by atoms with Crippen LogP contribution >= 0.6 is 0 Å². The molecule has 21 heavy (non-hydrogen) atoms. The second kappa shape index (κ2) is 5.73. The number of nitrogens with one attached hydrogen (secondary N) is 2. The Labute approximate surface area is 125 Å². The molecule has 2 aliphatic rings. The maximum absolute atomic E-state index is 4.87. The van der Waals surface area contributed by atoms with Crippen molar-refractivity contribution in [2.75, 3.05) is 26.2 Å². The van der Waals surface area contributed by atoms with Crippen molar-refractivity contribution in [3.8, 4) is 0 Å². The molecule has 2 atom stereocenters. The highest BCUT2D eigenvalue weighted by molar-refractivity contribution is 5.71. The third-order valence-corrected chi connectivity index (χ3v) is 4.82. The lowest BCUT2D eigenvalue weighted by molar-refractivity contribution is 0.459. The van der Waals surface area contributed by atoms with E-state index >= 15 is 0 Å². The predicted molar refractivity (Wildman–Crippen MR) is 83.2 cm³/mol. The van der Waals surface area contributed by atoms with Crippen LogP contribution in [0.15, 0.2) is 18.3 Å². The number of nitrogens with zero attached hydrogens (tertiary/aromatic N) is 3. The molecule has 2 unspecified atom stereocenters. The Morgan fingerprint density at radius 1 is 1.14 bits per heavy atom. The monoisotopic (exact) mass is 285 g/mol. The average Bonchev–Trinajstić information content (AvgIpc) is 3.23. The van der Waals surface area contributed by atoms with Gasteiger partial charge < -0.3 is 15.2 Å². The van der Waals surface area contributed by atoms with Gasteiger partial charge in [0.05, 0.1) is 0 Å². The number of imidazole rings is 1.